The van der Waals surface area contributed by atoms with E-state index in [0.29, 0.717) is 6.42 Å². The van der Waals surface area contributed by atoms with Gasteiger partial charge in [-0.15, -0.1) is 0 Å². The second kappa shape index (κ2) is 4.57. The summed E-state index contributed by atoms with van der Waals surface area (Å²) < 4.78 is 0. The minimum absolute atomic E-state index is 0.118. The fourth-order valence-electron chi connectivity index (χ4n) is 2.01. The molecule has 4 N–H and O–H groups in total. The van der Waals surface area contributed by atoms with E-state index in [1.165, 1.54) is 0 Å². The summed E-state index contributed by atoms with van der Waals surface area (Å²) in [4.78, 5) is 33.8. The molecule has 6 nitrogen and oxygen atoms in total. The Morgan fingerprint density at radius 1 is 1.29 bits per heavy atom. The van der Waals surface area contributed by atoms with Crippen LogP contribution in [-0.2, 0) is 9.59 Å². The molecule has 0 radical (unpaired) electrons. The minimum Gasteiger partial charge on any atom is -0.480 e. The maximum absolute atomic E-state index is 11.8. The number of carboxylic acids is 1. The van der Waals surface area contributed by atoms with E-state index in [4.69, 9.17) is 5.73 Å². The lowest BCUT2D eigenvalue weighted by molar-refractivity contribution is -0.156. The van der Waals surface area contributed by atoms with Gasteiger partial charge in [0.2, 0.25) is 5.91 Å². The number of carbonyl (C=O) groups is 3. The molecule has 0 spiro atoms. The standard InChI is InChI=1S/C11H16N2O4/c1-6-3-4-11(9(15)16,5-7(6)2)8(14)13-10(12)17/h3-5H2,1-2H3,(H,15,16)(H3,12,13,14,17)/t11-/m0/s1. The monoisotopic (exact) mass is 240 g/mol. The molecule has 1 aliphatic carbocycles. The van der Waals surface area contributed by atoms with E-state index in [1.54, 1.807) is 6.92 Å². The summed E-state index contributed by atoms with van der Waals surface area (Å²) in [6.45, 7) is 3.71. The van der Waals surface area contributed by atoms with Crippen LogP contribution in [0.5, 0.6) is 0 Å². The quantitative estimate of drug-likeness (QED) is 0.489. The third-order valence-electron chi connectivity index (χ3n) is 3.30. The van der Waals surface area contributed by atoms with Gasteiger partial charge in [0, 0.05) is 0 Å². The van der Waals surface area contributed by atoms with Crippen LogP contribution >= 0.6 is 0 Å². The number of hydrogen-bond donors (Lipinski definition) is 3. The Morgan fingerprint density at radius 3 is 2.29 bits per heavy atom. The van der Waals surface area contributed by atoms with Crippen molar-refractivity contribution in [3.8, 4) is 0 Å². The van der Waals surface area contributed by atoms with Crippen molar-refractivity contribution < 1.29 is 19.5 Å². The molecular weight excluding hydrogens is 224 g/mol. The number of rotatable bonds is 2. The van der Waals surface area contributed by atoms with Crippen LogP contribution in [0.4, 0.5) is 4.79 Å². The predicted octanol–water partition coefficient (Wildman–Crippen LogP) is 0.773. The first kappa shape index (κ1) is 13.2. The molecule has 0 unspecified atom stereocenters. The molecule has 0 aromatic carbocycles. The van der Waals surface area contributed by atoms with Crippen molar-refractivity contribution >= 4 is 17.9 Å². The number of carboxylic acid groups (broad SMARTS) is 1. The Balaban J connectivity index is 3.05. The zero-order chi connectivity index (χ0) is 13.2. The van der Waals surface area contributed by atoms with Gasteiger partial charge in [0.05, 0.1) is 0 Å². The van der Waals surface area contributed by atoms with Crippen LogP contribution in [0.15, 0.2) is 11.1 Å². The number of allylic oxidation sites excluding steroid dienone is 2. The topological polar surface area (TPSA) is 109 Å². The Morgan fingerprint density at radius 2 is 1.88 bits per heavy atom. The molecule has 0 aliphatic heterocycles. The van der Waals surface area contributed by atoms with E-state index in [-0.39, 0.29) is 12.8 Å². The van der Waals surface area contributed by atoms with Crippen LogP contribution in [0.25, 0.3) is 0 Å². The molecule has 0 saturated carbocycles. The van der Waals surface area contributed by atoms with Gasteiger partial charge in [-0.05, 0) is 33.1 Å². The van der Waals surface area contributed by atoms with Crippen molar-refractivity contribution in [1.82, 2.24) is 5.32 Å². The summed E-state index contributed by atoms with van der Waals surface area (Å²) >= 11 is 0. The molecule has 1 rings (SSSR count). The average Bonchev–Trinajstić information content (AvgIpc) is 2.20. The second-order valence-electron chi connectivity index (χ2n) is 4.44. The van der Waals surface area contributed by atoms with Crippen molar-refractivity contribution in [1.29, 1.82) is 0 Å². The largest absolute Gasteiger partial charge is 0.480 e. The number of primary amides is 1. The minimum atomic E-state index is -1.57. The number of imide groups is 1. The van der Waals surface area contributed by atoms with Gasteiger partial charge in [0.25, 0.3) is 0 Å². The van der Waals surface area contributed by atoms with Crippen LogP contribution in [0.1, 0.15) is 33.1 Å². The zero-order valence-corrected chi connectivity index (χ0v) is 9.87. The second-order valence-corrected chi connectivity index (χ2v) is 4.44. The normalized spacial score (nSPS) is 24.4. The van der Waals surface area contributed by atoms with Crippen LogP contribution in [0.3, 0.4) is 0 Å². The number of urea groups is 1. The summed E-state index contributed by atoms with van der Waals surface area (Å²) in [7, 11) is 0. The molecule has 1 aliphatic rings. The fraction of sp³-hybridized carbons (Fsp3) is 0.545. The van der Waals surface area contributed by atoms with Crippen molar-refractivity contribution in [2.75, 3.05) is 0 Å². The van der Waals surface area contributed by atoms with E-state index >= 15 is 0 Å². The van der Waals surface area contributed by atoms with Crippen molar-refractivity contribution in [2.24, 2.45) is 11.1 Å². The average molecular weight is 240 g/mol. The summed E-state index contributed by atoms with van der Waals surface area (Å²) in [5, 5.41) is 11.1. The van der Waals surface area contributed by atoms with Crippen molar-refractivity contribution in [2.45, 2.75) is 33.1 Å². The molecule has 0 bridgehead atoms. The zero-order valence-electron chi connectivity index (χ0n) is 9.87. The molecule has 1 atom stereocenters. The first-order valence-electron chi connectivity index (χ1n) is 5.29. The summed E-state index contributed by atoms with van der Waals surface area (Å²) in [5.41, 5.74) is 5.24. The highest BCUT2D eigenvalue weighted by Gasteiger charge is 2.48. The van der Waals surface area contributed by atoms with Gasteiger partial charge in [0.1, 0.15) is 0 Å². The third kappa shape index (κ3) is 2.46. The summed E-state index contributed by atoms with van der Waals surface area (Å²) in [6.07, 6.45) is 0.836. The van der Waals surface area contributed by atoms with E-state index in [9.17, 15) is 19.5 Å². The molecule has 0 aromatic rings. The molecule has 94 valence electrons. The molecule has 17 heavy (non-hydrogen) atoms. The lowest BCUT2D eigenvalue weighted by atomic mass is 9.71. The maximum Gasteiger partial charge on any atom is 0.319 e. The van der Waals surface area contributed by atoms with Crippen LogP contribution in [0, 0.1) is 5.41 Å². The van der Waals surface area contributed by atoms with Gasteiger partial charge in [0.15, 0.2) is 5.41 Å². The SMILES string of the molecule is CC1=C(C)C[C@](C(=O)O)(C(=O)NC(N)=O)CC1. The Bertz CT molecular complexity index is 414. The first-order valence-corrected chi connectivity index (χ1v) is 5.29. The predicted molar refractivity (Wildman–Crippen MR) is 60.0 cm³/mol. The van der Waals surface area contributed by atoms with Gasteiger partial charge in [-0.2, -0.15) is 0 Å². The Labute approximate surface area is 98.9 Å². The lowest BCUT2D eigenvalue weighted by Gasteiger charge is -2.32. The smallest absolute Gasteiger partial charge is 0.319 e. The van der Waals surface area contributed by atoms with Crippen molar-refractivity contribution in [3.63, 3.8) is 0 Å². The number of nitrogens with two attached hydrogens (primary N) is 1. The maximum atomic E-state index is 11.8. The van der Waals surface area contributed by atoms with Gasteiger partial charge in [-0.3, -0.25) is 14.9 Å². The van der Waals surface area contributed by atoms with Crippen molar-refractivity contribution in [3.05, 3.63) is 11.1 Å². The number of aliphatic carboxylic acids is 1. The van der Waals surface area contributed by atoms with Crippen LogP contribution in [-0.4, -0.2) is 23.0 Å². The van der Waals surface area contributed by atoms with E-state index in [1.807, 2.05) is 12.2 Å². The first-order chi connectivity index (χ1) is 7.79. The van der Waals surface area contributed by atoms with Gasteiger partial charge in [-0.1, -0.05) is 11.1 Å². The third-order valence-corrected chi connectivity index (χ3v) is 3.30. The molecule has 3 amide bonds. The number of nitrogens with one attached hydrogen (secondary N) is 1. The number of amides is 3. The number of hydrogen-bond acceptors (Lipinski definition) is 3. The van der Waals surface area contributed by atoms with Crippen LogP contribution in [0.2, 0.25) is 0 Å². The van der Waals surface area contributed by atoms with E-state index < -0.39 is 23.3 Å². The van der Waals surface area contributed by atoms with Gasteiger partial charge < -0.3 is 10.8 Å². The highest BCUT2D eigenvalue weighted by molar-refractivity contribution is 6.07. The van der Waals surface area contributed by atoms with E-state index in [2.05, 4.69) is 0 Å². The molecule has 0 aromatic heterocycles. The Kier molecular flexibility index (Phi) is 3.55. The molecule has 0 heterocycles. The van der Waals surface area contributed by atoms with Crippen LogP contribution < -0.4 is 11.1 Å². The van der Waals surface area contributed by atoms with E-state index in [0.717, 1.165) is 11.1 Å². The Hall–Kier alpha value is -1.85. The molecule has 6 heteroatoms. The fourth-order valence-corrected chi connectivity index (χ4v) is 2.01. The molecule has 0 fully saturated rings. The summed E-state index contributed by atoms with van der Waals surface area (Å²) in [6, 6.07) is -1.03. The number of carbonyl (C=O) groups excluding carboxylic acids is 2. The molecular formula is C11H16N2O4. The summed E-state index contributed by atoms with van der Waals surface area (Å²) in [5.74, 6) is -2.05. The van der Waals surface area contributed by atoms with Gasteiger partial charge in [-0.25, -0.2) is 4.79 Å². The highest BCUT2D eigenvalue weighted by Crippen LogP contribution is 2.39. The lowest BCUT2D eigenvalue weighted by Crippen LogP contribution is -2.51. The highest BCUT2D eigenvalue weighted by atomic mass is 16.4. The van der Waals surface area contributed by atoms with Gasteiger partial charge >= 0.3 is 12.0 Å². The molecule has 0 saturated heterocycles.